The first-order valence-electron chi connectivity index (χ1n) is 7.16. The molecule has 0 saturated heterocycles. The van der Waals surface area contributed by atoms with Crippen molar-refractivity contribution >= 4 is 34.2 Å². The zero-order valence-electron chi connectivity index (χ0n) is 12.4. The zero-order valence-corrected chi connectivity index (χ0v) is 13.2. The van der Waals surface area contributed by atoms with Crippen LogP contribution in [0.25, 0.3) is 11.0 Å². The van der Waals surface area contributed by atoms with Gasteiger partial charge in [0, 0.05) is 17.3 Å². The minimum atomic E-state index is -0.537. The van der Waals surface area contributed by atoms with E-state index in [1.807, 2.05) is 25.1 Å². The van der Waals surface area contributed by atoms with E-state index in [-0.39, 0.29) is 5.69 Å². The Hall–Kier alpha value is -2.66. The predicted octanol–water partition coefficient (Wildman–Crippen LogP) is 3.32. The highest BCUT2D eigenvalue weighted by Crippen LogP contribution is 2.15. The van der Waals surface area contributed by atoms with Crippen LogP contribution in [-0.4, -0.2) is 15.5 Å². The lowest BCUT2D eigenvalue weighted by atomic mass is 10.2. The summed E-state index contributed by atoms with van der Waals surface area (Å²) >= 11 is 5.82. The van der Waals surface area contributed by atoms with Gasteiger partial charge in [-0.1, -0.05) is 23.7 Å². The summed E-state index contributed by atoms with van der Waals surface area (Å²) < 4.78 is 1.54. The molecule has 1 aromatic heterocycles. The van der Waals surface area contributed by atoms with Crippen molar-refractivity contribution in [1.29, 1.82) is 0 Å². The number of anilines is 1. The van der Waals surface area contributed by atoms with Gasteiger partial charge in [0.15, 0.2) is 5.69 Å². The monoisotopic (exact) mass is 327 g/mol. The number of hydrogen-bond donors (Lipinski definition) is 1. The molecule has 0 aliphatic carbocycles. The third-order valence-electron chi connectivity index (χ3n) is 3.49. The highest BCUT2D eigenvalue weighted by Gasteiger charge is 2.17. The number of carbonyl (C=O) groups excluding carboxylic acids is 1. The third-order valence-corrected chi connectivity index (χ3v) is 3.74. The molecule has 1 heterocycles. The first-order valence-corrected chi connectivity index (χ1v) is 7.54. The standard InChI is InChI=1S/C17H14ClN3O2/c1-2-21-14-6-4-3-5-13(14)20-15(17(21)23)16(22)19-12-9-7-11(18)8-10-12/h3-10H,2H2,1H3,(H,19,22). The second kappa shape index (κ2) is 6.22. The maximum atomic E-state index is 12.5. The number of halogens is 1. The number of para-hydroxylation sites is 2. The maximum Gasteiger partial charge on any atom is 0.282 e. The van der Waals surface area contributed by atoms with Gasteiger partial charge in [0.1, 0.15) is 0 Å². The van der Waals surface area contributed by atoms with Gasteiger partial charge in [0.05, 0.1) is 11.0 Å². The summed E-state index contributed by atoms with van der Waals surface area (Å²) in [6.07, 6.45) is 0. The van der Waals surface area contributed by atoms with Crippen molar-refractivity contribution in [3.05, 3.63) is 69.6 Å². The molecule has 3 aromatic rings. The number of nitrogens with one attached hydrogen (secondary N) is 1. The van der Waals surface area contributed by atoms with E-state index in [0.29, 0.717) is 28.3 Å². The molecule has 1 amide bonds. The molecular weight excluding hydrogens is 314 g/mol. The lowest BCUT2D eigenvalue weighted by Gasteiger charge is -2.10. The second-order valence-electron chi connectivity index (χ2n) is 4.96. The van der Waals surface area contributed by atoms with Crippen molar-refractivity contribution in [3.8, 4) is 0 Å². The van der Waals surface area contributed by atoms with Crippen LogP contribution in [0, 0.1) is 0 Å². The summed E-state index contributed by atoms with van der Waals surface area (Å²) in [5.74, 6) is -0.537. The molecule has 0 spiro atoms. The summed E-state index contributed by atoms with van der Waals surface area (Å²) in [7, 11) is 0. The molecule has 0 radical (unpaired) electrons. The van der Waals surface area contributed by atoms with Crippen molar-refractivity contribution in [2.75, 3.05) is 5.32 Å². The van der Waals surface area contributed by atoms with Crippen LogP contribution in [-0.2, 0) is 6.54 Å². The van der Waals surface area contributed by atoms with Gasteiger partial charge >= 0.3 is 0 Å². The number of nitrogens with zero attached hydrogens (tertiary/aromatic N) is 2. The molecule has 2 aromatic carbocycles. The Morgan fingerprint density at radius 1 is 1.17 bits per heavy atom. The minimum absolute atomic E-state index is 0.125. The molecule has 0 aliphatic heterocycles. The van der Waals surface area contributed by atoms with E-state index < -0.39 is 11.5 Å². The van der Waals surface area contributed by atoms with E-state index in [1.54, 1.807) is 34.9 Å². The van der Waals surface area contributed by atoms with E-state index in [0.717, 1.165) is 0 Å². The number of aromatic nitrogens is 2. The Morgan fingerprint density at radius 2 is 1.87 bits per heavy atom. The number of fused-ring (bicyclic) bond motifs is 1. The Morgan fingerprint density at radius 3 is 2.57 bits per heavy atom. The van der Waals surface area contributed by atoms with Crippen molar-refractivity contribution in [2.45, 2.75) is 13.5 Å². The van der Waals surface area contributed by atoms with Crippen molar-refractivity contribution in [3.63, 3.8) is 0 Å². The summed E-state index contributed by atoms with van der Waals surface area (Å²) in [6.45, 7) is 2.32. The van der Waals surface area contributed by atoms with Crippen molar-refractivity contribution < 1.29 is 4.79 Å². The lowest BCUT2D eigenvalue weighted by Crippen LogP contribution is -2.30. The molecule has 1 N–H and O–H groups in total. The van der Waals surface area contributed by atoms with Crippen LogP contribution in [0.1, 0.15) is 17.4 Å². The summed E-state index contributed by atoms with van der Waals surface area (Å²) in [5, 5.41) is 3.24. The van der Waals surface area contributed by atoms with Crippen molar-refractivity contribution in [2.24, 2.45) is 0 Å². The highest BCUT2D eigenvalue weighted by atomic mass is 35.5. The van der Waals surface area contributed by atoms with Gasteiger partial charge in [0.2, 0.25) is 0 Å². The molecule has 5 nitrogen and oxygen atoms in total. The topological polar surface area (TPSA) is 64.0 Å². The molecule has 6 heteroatoms. The SMILES string of the molecule is CCn1c(=O)c(C(=O)Nc2ccc(Cl)cc2)nc2ccccc21. The molecule has 23 heavy (non-hydrogen) atoms. The molecule has 0 saturated carbocycles. The fraction of sp³-hybridized carbons (Fsp3) is 0.118. The van der Waals surface area contributed by atoms with E-state index in [2.05, 4.69) is 10.3 Å². The van der Waals surface area contributed by atoms with Crippen LogP contribution in [0.15, 0.2) is 53.3 Å². The number of amides is 1. The van der Waals surface area contributed by atoms with E-state index in [1.165, 1.54) is 0 Å². The quantitative estimate of drug-likeness (QED) is 0.802. The van der Waals surface area contributed by atoms with Gasteiger partial charge < -0.3 is 9.88 Å². The Balaban J connectivity index is 2.05. The number of rotatable bonds is 3. The maximum absolute atomic E-state index is 12.5. The number of benzene rings is 2. The fourth-order valence-electron chi connectivity index (χ4n) is 2.38. The number of hydrogen-bond acceptors (Lipinski definition) is 3. The Kier molecular flexibility index (Phi) is 4.12. The number of carbonyl (C=O) groups is 1. The number of aryl methyl sites for hydroxylation is 1. The molecule has 3 rings (SSSR count). The largest absolute Gasteiger partial charge is 0.320 e. The van der Waals surface area contributed by atoms with E-state index in [9.17, 15) is 9.59 Å². The summed E-state index contributed by atoms with van der Waals surface area (Å²) in [5.41, 5.74) is 1.34. The second-order valence-corrected chi connectivity index (χ2v) is 5.40. The highest BCUT2D eigenvalue weighted by molar-refractivity contribution is 6.30. The van der Waals surface area contributed by atoms with Gasteiger partial charge in [-0.05, 0) is 43.3 Å². The van der Waals surface area contributed by atoms with Crippen molar-refractivity contribution in [1.82, 2.24) is 9.55 Å². The molecule has 116 valence electrons. The van der Waals surface area contributed by atoms with Crippen LogP contribution in [0.5, 0.6) is 0 Å². The van der Waals surface area contributed by atoms with Gasteiger partial charge in [-0.3, -0.25) is 9.59 Å². The smallest absolute Gasteiger partial charge is 0.282 e. The zero-order chi connectivity index (χ0) is 16.4. The molecule has 0 unspecified atom stereocenters. The van der Waals surface area contributed by atoms with Crippen LogP contribution < -0.4 is 10.9 Å². The average molecular weight is 328 g/mol. The molecule has 0 aliphatic rings. The molecule has 0 atom stereocenters. The fourth-order valence-corrected chi connectivity index (χ4v) is 2.50. The predicted molar refractivity (Wildman–Crippen MR) is 91.1 cm³/mol. The summed E-state index contributed by atoms with van der Waals surface area (Å²) in [6, 6.07) is 13.9. The van der Waals surface area contributed by atoms with Crippen LogP contribution >= 0.6 is 11.6 Å². The minimum Gasteiger partial charge on any atom is -0.320 e. The Bertz CT molecular complexity index is 933. The van der Waals surface area contributed by atoms with Crippen LogP contribution in [0.3, 0.4) is 0 Å². The van der Waals surface area contributed by atoms with Crippen LogP contribution in [0.4, 0.5) is 5.69 Å². The van der Waals surface area contributed by atoms with Gasteiger partial charge in [-0.15, -0.1) is 0 Å². The molecule has 0 bridgehead atoms. The van der Waals surface area contributed by atoms with Gasteiger partial charge in [-0.25, -0.2) is 4.98 Å². The Labute approximate surface area is 137 Å². The molecule has 0 fully saturated rings. The van der Waals surface area contributed by atoms with E-state index in [4.69, 9.17) is 11.6 Å². The van der Waals surface area contributed by atoms with Gasteiger partial charge in [-0.2, -0.15) is 0 Å². The normalized spacial score (nSPS) is 10.7. The lowest BCUT2D eigenvalue weighted by molar-refractivity contribution is 0.102. The third kappa shape index (κ3) is 2.96. The van der Waals surface area contributed by atoms with Crippen LogP contribution in [0.2, 0.25) is 5.02 Å². The first kappa shape index (κ1) is 15.2. The first-order chi connectivity index (χ1) is 11.1. The average Bonchev–Trinajstić information content (AvgIpc) is 2.56. The van der Waals surface area contributed by atoms with Gasteiger partial charge in [0.25, 0.3) is 11.5 Å². The van der Waals surface area contributed by atoms with E-state index >= 15 is 0 Å². The molecular formula is C17H14ClN3O2. The summed E-state index contributed by atoms with van der Waals surface area (Å²) in [4.78, 5) is 29.2.